The molecule has 2 aromatic rings. The Balaban J connectivity index is 1.62. The van der Waals surface area contributed by atoms with Crippen LogP contribution in [0.4, 0.5) is 11.6 Å². The minimum absolute atomic E-state index is 0.451. The largest absolute Gasteiger partial charge is 0.366 e. The van der Waals surface area contributed by atoms with E-state index in [0.29, 0.717) is 17.5 Å². The van der Waals surface area contributed by atoms with Gasteiger partial charge in [-0.3, -0.25) is 0 Å². The summed E-state index contributed by atoms with van der Waals surface area (Å²) in [6.07, 6.45) is 4.44. The third-order valence-electron chi connectivity index (χ3n) is 3.52. The normalized spacial score (nSPS) is 14.5. The first-order valence-corrected chi connectivity index (χ1v) is 7.53. The van der Waals surface area contributed by atoms with Gasteiger partial charge in [-0.25, -0.2) is 15.0 Å². The van der Waals surface area contributed by atoms with E-state index >= 15 is 0 Å². The molecule has 0 radical (unpaired) electrons. The number of halogens is 1. The van der Waals surface area contributed by atoms with E-state index in [0.717, 1.165) is 30.3 Å². The van der Waals surface area contributed by atoms with E-state index in [1.165, 1.54) is 12.8 Å². The van der Waals surface area contributed by atoms with Gasteiger partial charge in [-0.15, -0.1) is 0 Å². The van der Waals surface area contributed by atoms with Crippen LogP contribution in [0, 0.1) is 6.92 Å². The Morgan fingerprint density at radius 2 is 2.05 bits per heavy atom. The number of aryl methyl sites for hydroxylation is 1. The van der Waals surface area contributed by atoms with Crippen LogP contribution < -0.4 is 10.2 Å². The van der Waals surface area contributed by atoms with Crippen molar-refractivity contribution in [2.24, 2.45) is 0 Å². The van der Waals surface area contributed by atoms with E-state index in [2.05, 4.69) is 37.3 Å². The lowest BCUT2D eigenvalue weighted by molar-refractivity contribution is 0.931. The summed E-state index contributed by atoms with van der Waals surface area (Å²) in [6.45, 7) is 4.72. The summed E-state index contributed by atoms with van der Waals surface area (Å²) in [6, 6.07) is 5.91. The molecule has 3 heterocycles. The van der Waals surface area contributed by atoms with Crippen molar-refractivity contribution in [1.29, 1.82) is 0 Å². The molecule has 6 heteroatoms. The first kappa shape index (κ1) is 14.1. The molecule has 0 aliphatic carbocycles. The van der Waals surface area contributed by atoms with Crippen LogP contribution in [0.2, 0.25) is 5.15 Å². The third-order valence-corrected chi connectivity index (χ3v) is 3.71. The van der Waals surface area contributed by atoms with Crippen LogP contribution in [-0.2, 0) is 6.54 Å². The van der Waals surface area contributed by atoms with E-state index in [-0.39, 0.29) is 0 Å². The minimum atomic E-state index is 0.451. The Bertz CT molecular complexity index is 588. The predicted molar refractivity (Wildman–Crippen MR) is 84.8 cm³/mol. The predicted octanol–water partition coefficient (Wildman–Crippen LogP) is 3.05. The Labute approximate surface area is 129 Å². The number of nitrogens with zero attached hydrogens (tertiary/aromatic N) is 4. The fourth-order valence-electron chi connectivity index (χ4n) is 2.47. The maximum atomic E-state index is 5.92. The molecule has 3 rings (SSSR count). The maximum absolute atomic E-state index is 5.92. The molecular weight excluding hydrogens is 286 g/mol. The number of hydrogen-bond donors (Lipinski definition) is 1. The smallest absolute Gasteiger partial charge is 0.134 e. The highest BCUT2D eigenvalue weighted by Crippen LogP contribution is 2.18. The lowest BCUT2D eigenvalue weighted by Gasteiger charge is -2.16. The molecule has 110 valence electrons. The molecule has 1 fully saturated rings. The third kappa shape index (κ3) is 3.61. The fourth-order valence-corrected chi connectivity index (χ4v) is 2.69. The monoisotopic (exact) mass is 303 g/mol. The van der Waals surface area contributed by atoms with Gasteiger partial charge in [-0.2, -0.15) is 0 Å². The fraction of sp³-hybridized carbons (Fsp3) is 0.400. The standard InChI is InChI=1S/C15H18ClN5/c1-11-19-13(16)8-14(20-11)17-9-12-4-5-15(18-10-12)21-6-2-3-7-21/h4-5,8,10H,2-3,6-7,9H2,1H3,(H,17,19,20). The van der Waals surface area contributed by atoms with Crippen LogP contribution in [0.1, 0.15) is 24.2 Å². The van der Waals surface area contributed by atoms with Crippen LogP contribution in [-0.4, -0.2) is 28.0 Å². The second kappa shape index (κ2) is 6.26. The van der Waals surface area contributed by atoms with Gasteiger partial charge in [0.25, 0.3) is 0 Å². The van der Waals surface area contributed by atoms with Gasteiger partial charge in [0.1, 0.15) is 22.6 Å². The molecule has 1 saturated heterocycles. The highest BCUT2D eigenvalue weighted by molar-refractivity contribution is 6.29. The number of aromatic nitrogens is 3. The summed E-state index contributed by atoms with van der Waals surface area (Å²) in [5.41, 5.74) is 1.12. The number of anilines is 2. The topological polar surface area (TPSA) is 53.9 Å². The lowest BCUT2D eigenvalue weighted by Crippen LogP contribution is -2.18. The minimum Gasteiger partial charge on any atom is -0.366 e. The summed E-state index contributed by atoms with van der Waals surface area (Å²) >= 11 is 5.92. The van der Waals surface area contributed by atoms with Crippen LogP contribution in [0.3, 0.4) is 0 Å². The van der Waals surface area contributed by atoms with Crippen molar-refractivity contribution in [2.45, 2.75) is 26.3 Å². The molecular formula is C15H18ClN5. The van der Waals surface area contributed by atoms with Gasteiger partial charge >= 0.3 is 0 Å². The van der Waals surface area contributed by atoms with Crippen molar-refractivity contribution < 1.29 is 0 Å². The van der Waals surface area contributed by atoms with Crippen LogP contribution in [0.15, 0.2) is 24.4 Å². The van der Waals surface area contributed by atoms with Crippen molar-refractivity contribution in [3.05, 3.63) is 40.9 Å². The van der Waals surface area contributed by atoms with Crippen LogP contribution >= 0.6 is 11.6 Å². The molecule has 0 spiro atoms. The number of hydrogen-bond acceptors (Lipinski definition) is 5. The SMILES string of the molecule is Cc1nc(Cl)cc(NCc2ccc(N3CCCC3)nc2)n1. The molecule has 5 nitrogen and oxygen atoms in total. The average Bonchev–Trinajstić information content (AvgIpc) is 2.99. The van der Waals surface area contributed by atoms with Gasteiger partial charge in [0.2, 0.25) is 0 Å². The van der Waals surface area contributed by atoms with Gasteiger partial charge in [0.05, 0.1) is 0 Å². The maximum Gasteiger partial charge on any atom is 0.134 e. The molecule has 2 aromatic heterocycles. The Kier molecular flexibility index (Phi) is 4.20. The Hall–Kier alpha value is -1.88. The molecule has 0 atom stereocenters. The molecule has 0 aromatic carbocycles. The van der Waals surface area contributed by atoms with Gasteiger partial charge < -0.3 is 10.2 Å². The summed E-state index contributed by atoms with van der Waals surface area (Å²) < 4.78 is 0. The number of pyridine rings is 1. The van der Waals surface area contributed by atoms with Crippen molar-refractivity contribution in [3.8, 4) is 0 Å². The van der Waals surface area contributed by atoms with Crippen molar-refractivity contribution in [3.63, 3.8) is 0 Å². The molecule has 0 bridgehead atoms. The lowest BCUT2D eigenvalue weighted by atomic mass is 10.2. The molecule has 0 unspecified atom stereocenters. The Morgan fingerprint density at radius 1 is 1.24 bits per heavy atom. The number of nitrogens with one attached hydrogen (secondary N) is 1. The zero-order valence-electron chi connectivity index (χ0n) is 12.0. The quantitative estimate of drug-likeness (QED) is 0.880. The summed E-state index contributed by atoms with van der Waals surface area (Å²) in [5.74, 6) is 2.46. The van der Waals surface area contributed by atoms with Gasteiger partial charge in [0.15, 0.2) is 0 Å². The highest BCUT2D eigenvalue weighted by atomic mass is 35.5. The van der Waals surface area contributed by atoms with E-state index in [1.807, 2.05) is 13.1 Å². The van der Waals surface area contributed by atoms with Gasteiger partial charge in [-0.1, -0.05) is 17.7 Å². The zero-order valence-corrected chi connectivity index (χ0v) is 12.8. The van der Waals surface area contributed by atoms with E-state index in [4.69, 9.17) is 11.6 Å². The number of rotatable bonds is 4. The van der Waals surface area contributed by atoms with E-state index in [9.17, 15) is 0 Å². The van der Waals surface area contributed by atoms with Crippen LogP contribution in [0.25, 0.3) is 0 Å². The highest BCUT2D eigenvalue weighted by Gasteiger charge is 2.12. The molecule has 1 aliphatic rings. The molecule has 1 N–H and O–H groups in total. The molecule has 0 amide bonds. The summed E-state index contributed by atoms with van der Waals surface area (Å²) in [7, 11) is 0. The molecule has 0 saturated carbocycles. The van der Waals surface area contributed by atoms with Crippen molar-refractivity contribution in [1.82, 2.24) is 15.0 Å². The van der Waals surface area contributed by atoms with Gasteiger partial charge in [-0.05, 0) is 31.4 Å². The van der Waals surface area contributed by atoms with Crippen molar-refractivity contribution in [2.75, 3.05) is 23.3 Å². The van der Waals surface area contributed by atoms with Crippen LogP contribution in [0.5, 0.6) is 0 Å². The Morgan fingerprint density at radius 3 is 2.71 bits per heavy atom. The molecule has 21 heavy (non-hydrogen) atoms. The summed E-state index contributed by atoms with van der Waals surface area (Å²) in [5, 5.41) is 3.69. The van der Waals surface area contributed by atoms with Gasteiger partial charge in [0, 0.05) is 31.9 Å². The van der Waals surface area contributed by atoms with E-state index in [1.54, 1.807) is 6.07 Å². The second-order valence-electron chi connectivity index (χ2n) is 5.20. The van der Waals surface area contributed by atoms with E-state index < -0.39 is 0 Å². The first-order chi connectivity index (χ1) is 10.2. The molecule has 1 aliphatic heterocycles. The van der Waals surface area contributed by atoms with Crippen molar-refractivity contribution >= 4 is 23.2 Å². The zero-order chi connectivity index (χ0) is 14.7. The average molecular weight is 304 g/mol. The second-order valence-corrected chi connectivity index (χ2v) is 5.58. The first-order valence-electron chi connectivity index (χ1n) is 7.16. The summed E-state index contributed by atoms with van der Waals surface area (Å²) in [4.78, 5) is 15.2.